The highest BCUT2D eigenvalue weighted by molar-refractivity contribution is 5.28. The van der Waals surface area contributed by atoms with Crippen molar-refractivity contribution < 1.29 is 0 Å². The molecule has 1 nitrogen and oxygen atoms in total. The lowest BCUT2D eigenvalue weighted by atomic mass is 9.79. The van der Waals surface area contributed by atoms with Gasteiger partial charge in [-0.15, -0.1) is 0 Å². The summed E-state index contributed by atoms with van der Waals surface area (Å²) in [5.74, 6) is 1.81. The Morgan fingerprint density at radius 1 is 1.00 bits per heavy atom. The molecule has 19 heavy (non-hydrogen) atoms. The van der Waals surface area contributed by atoms with Crippen LogP contribution in [0, 0.1) is 5.92 Å². The molecule has 1 aromatic carbocycles. The first kappa shape index (κ1) is 13.2. The summed E-state index contributed by atoms with van der Waals surface area (Å²) in [5, 5.41) is 3.52. The molecule has 1 heteroatoms. The maximum Gasteiger partial charge on any atom is 0.0320 e. The van der Waals surface area contributed by atoms with Gasteiger partial charge in [-0.25, -0.2) is 0 Å². The molecule has 1 aromatic rings. The molecule has 104 valence electrons. The quantitative estimate of drug-likeness (QED) is 0.799. The van der Waals surface area contributed by atoms with Crippen molar-refractivity contribution in [2.24, 2.45) is 5.92 Å². The van der Waals surface area contributed by atoms with Crippen LogP contribution in [0.3, 0.4) is 0 Å². The predicted molar refractivity (Wildman–Crippen MR) is 81.4 cm³/mol. The van der Waals surface area contributed by atoms with E-state index in [1.165, 1.54) is 56.9 Å². The van der Waals surface area contributed by atoms with Gasteiger partial charge in [0.05, 0.1) is 0 Å². The van der Waals surface area contributed by atoms with E-state index in [9.17, 15) is 0 Å². The summed E-state index contributed by atoms with van der Waals surface area (Å²) in [4.78, 5) is 0. The molecule has 1 N–H and O–H groups in total. The van der Waals surface area contributed by atoms with E-state index in [-0.39, 0.29) is 0 Å². The molecule has 1 unspecified atom stereocenters. The van der Waals surface area contributed by atoms with E-state index in [1.807, 2.05) is 0 Å². The minimum absolute atomic E-state index is 0.554. The number of nitrogens with one attached hydrogen (secondary N) is 1. The van der Waals surface area contributed by atoms with Gasteiger partial charge in [0.1, 0.15) is 0 Å². The fraction of sp³-hybridized carbons (Fsp3) is 0.667. The second-order valence-corrected chi connectivity index (χ2v) is 6.52. The van der Waals surface area contributed by atoms with E-state index in [2.05, 4.69) is 36.6 Å². The molecule has 0 heterocycles. The molecule has 2 saturated carbocycles. The lowest BCUT2D eigenvalue weighted by Gasteiger charge is -2.26. The molecule has 2 aliphatic carbocycles. The van der Waals surface area contributed by atoms with Crippen LogP contribution in [0.2, 0.25) is 0 Å². The van der Waals surface area contributed by atoms with Crippen LogP contribution in [0.1, 0.15) is 74.5 Å². The molecule has 3 rings (SSSR count). The molecule has 2 fully saturated rings. The molecule has 0 radical (unpaired) electrons. The van der Waals surface area contributed by atoms with Gasteiger partial charge in [-0.2, -0.15) is 0 Å². The Kier molecular flexibility index (Phi) is 4.22. The predicted octanol–water partition coefficient (Wildman–Crippen LogP) is 4.79. The summed E-state index contributed by atoms with van der Waals surface area (Å²) in [6.45, 7) is 0. The third kappa shape index (κ3) is 3.02. The second kappa shape index (κ2) is 6.09. The van der Waals surface area contributed by atoms with E-state index < -0.39 is 0 Å². The third-order valence-corrected chi connectivity index (χ3v) is 5.31. The Bertz CT molecular complexity index is 385. The van der Waals surface area contributed by atoms with Crippen LogP contribution >= 0.6 is 0 Å². The number of hydrogen-bond donors (Lipinski definition) is 1. The van der Waals surface area contributed by atoms with Crippen LogP contribution in [-0.2, 0) is 0 Å². The average molecular weight is 257 g/mol. The number of rotatable bonds is 5. The Labute approximate surface area is 117 Å². The Balaban J connectivity index is 1.64. The van der Waals surface area contributed by atoms with Gasteiger partial charge in [-0.3, -0.25) is 0 Å². The topological polar surface area (TPSA) is 12.0 Å². The van der Waals surface area contributed by atoms with Crippen LogP contribution in [0.5, 0.6) is 0 Å². The van der Waals surface area contributed by atoms with Crippen LogP contribution < -0.4 is 5.32 Å². The zero-order chi connectivity index (χ0) is 13.1. The largest absolute Gasteiger partial charge is 0.313 e. The highest BCUT2D eigenvalue weighted by atomic mass is 14.9. The van der Waals surface area contributed by atoms with Crippen molar-refractivity contribution in [3.05, 3.63) is 35.4 Å². The van der Waals surface area contributed by atoms with E-state index >= 15 is 0 Å². The molecule has 0 aliphatic heterocycles. The second-order valence-electron chi connectivity index (χ2n) is 6.52. The van der Waals surface area contributed by atoms with Crippen molar-refractivity contribution in [3.63, 3.8) is 0 Å². The Morgan fingerprint density at radius 2 is 1.68 bits per heavy atom. The fourth-order valence-corrected chi connectivity index (χ4v) is 3.74. The number of benzene rings is 1. The van der Waals surface area contributed by atoms with Gasteiger partial charge in [0.2, 0.25) is 0 Å². The molecule has 0 saturated heterocycles. The van der Waals surface area contributed by atoms with Crippen LogP contribution in [-0.4, -0.2) is 7.05 Å². The van der Waals surface area contributed by atoms with Crippen molar-refractivity contribution in [1.82, 2.24) is 5.32 Å². The van der Waals surface area contributed by atoms with Crippen molar-refractivity contribution >= 4 is 0 Å². The van der Waals surface area contributed by atoms with Gasteiger partial charge in [0, 0.05) is 6.04 Å². The Morgan fingerprint density at radius 3 is 2.21 bits per heavy atom. The molecule has 0 spiro atoms. The summed E-state index contributed by atoms with van der Waals surface area (Å²) in [6, 6.07) is 10.0. The molecule has 0 amide bonds. The van der Waals surface area contributed by atoms with E-state index in [4.69, 9.17) is 0 Å². The lowest BCUT2D eigenvalue weighted by molar-refractivity contribution is 0.411. The minimum atomic E-state index is 0.554. The van der Waals surface area contributed by atoms with Gasteiger partial charge in [0.25, 0.3) is 0 Å². The van der Waals surface area contributed by atoms with Crippen LogP contribution in [0.15, 0.2) is 24.3 Å². The first-order chi connectivity index (χ1) is 9.36. The zero-order valence-corrected chi connectivity index (χ0v) is 12.2. The molecular formula is C18H27N. The summed E-state index contributed by atoms with van der Waals surface area (Å²) >= 11 is 0. The van der Waals surface area contributed by atoms with Crippen LogP contribution in [0.4, 0.5) is 0 Å². The molecule has 1 atom stereocenters. The van der Waals surface area contributed by atoms with Gasteiger partial charge in [0.15, 0.2) is 0 Å². The summed E-state index contributed by atoms with van der Waals surface area (Å²) < 4.78 is 0. The molecular weight excluding hydrogens is 230 g/mol. The maximum atomic E-state index is 3.52. The monoisotopic (exact) mass is 257 g/mol. The van der Waals surface area contributed by atoms with E-state index in [0.29, 0.717) is 6.04 Å². The first-order valence-corrected chi connectivity index (χ1v) is 8.14. The summed E-state index contributed by atoms with van der Waals surface area (Å²) in [5.41, 5.74) is 3.04. The van der Waals surface area contributed by atoms with Crippen molar-refractivity contribution in [2.45, 2.75) is 63.3 Å². The normalized spacial score (nSPS) is 22.4. The standard InChI is InChI=1S/C18H27N/c1-19-18(13-14-5-2-3-6-14)17-11-9-16(10-12-17)15-7-4-8-15/h9-12,14-15,18-19H,2-8,13H2,1H3. The maximum absolute atomic E-state index is 3.52. The molecule has 0 aromatic heterocycles. The smallest absolute Gasteiger partial charge is 0.0320 e. The van der Waals surface area contributed by atoms with Crippen molar-refractivity contribution in [2.75, 3.05) is 7.05 Å². The van der Waals surface area contributed by atoms with E-state index in [1.54, 1.807) is 5.56 Å². The number of hydrogen-bond acceptors (Lipinski definition) is 1. The van der Waals surface area contributed by atoms with Gasteiger partial charge < -0.3 is 5.32 Å². The van der Waals surface area contributed by atoms with Gasteiger partial charge in [-0.1, -0.05) is 56.4 Å². The van der Waals surface area contributed by atoms with Crippen molar-refractivity contribution in [3.8, 4) is 0 Å². The van der Waals surface area contributed by atoms with Gasteiger partial charge >= 0.3 is 0 Å². The Hall–Kier alpha value is -0.820. The highest BCUT2D eigenvalue weighted by Crippen LogP contribution is 2.37. The SMILES string of the molecule is CNC(CC1CCCC1)c1ccc(C2CCC2)cc1. The minimum Gasteiger partial charge on any atom is -0.313 e. The first-order valence-electron chi connectivity index (χ1n) is 8.14. The van der Waals surface area contributed by atoms with Crippen molar-refractivity contribution in [1.29, 1.82) is 0 Å². The highest BCUT2D eigenvalue weighted by Gasteiger charge is 2.22. The lowest BCUT2D eigenvalue weighted by Crippen LogP contribution is -2.19. The van der Waals surface area contributed by atoms with E-state index in [0.717, 1.165) is 11.8 Å². The van der Waals surface area contributed by atoms with Gasteiger partial charge in [-0.05, 0) is 49.3 Å². The average Bonchev–Trinajstić information content (AvgIpc) is 2.88. The molecule has 2 aliphatic rings. The summed E-state index contributed by atoms with van der Waals surface area (Å²) in [6.07, 6.45) is 11.3. The fourth-order valence-electron chi connectivity index (χ4n) is 3.74. The third-order valence-electron chi connectivity index (χ3n) is 5.31. The zero-order valence-electron chi connectivity index (χ0n) is 12.2. The molecule has 0 bridgehead atoms. The van der Waals surface area contributed by atoms with Crippen LogP contribution in [0.25, 0.3) is 0 Å². The summed E-state index contributed by atoms with van der Waals surface area (Å²) in [7, 11) is 2.11.